The first-order valence-corrected chi connectivity index (χ1v) is 6.10. The molecule has 1 aliphatic heterocycles. The Morgan fingerprint density at radius 1 is 1.26 bits per heavy atom. The Hall–Kier alpha value is -0.805. The molecule has 4 nitrogen and oxygen atoms in total. The predicted molar refractivity (Wildman–Crippen MR) is 80.0 cm³/mol. The molecule has 0 atom stereocenters. The molecule has 1 aliphatic rings. The van der Waals surface area contributed by atoms with E-state index in [0.29, 0.717) is 6.54 Å². The lowest BCUT2D eigenvalue weighted by molar-refractivity contribution is -0.128. The molecule has 0 aromatic rings. The number of rotatable bonds is 1. The van der Waals surface area contributed by atoms with Crippen LogP contribution in [0, 0.1) is 0 Å². The summed E-state index contributed by atoms with van der Waals surface area (Å²) in [6.07, 6.45) is 2.71. The normalized spacial score (nSPS) is 15.7. The minimum Gasteiger partial charge on any atom is -0.387 e. The molecule has 0 aromatic carbocycles. The Labute approximate surface area is 118 Å². The van der Waals surface area contributed by atoms with Gasteiger partial charge < -0.3 is 15.1 Å². The maximum Gasteiger partial charge on any atom is 0.219 e. The van der Waals surface area contributed by atoms with Crippen molar-refractivity contribution in [3.63, 3.8) is 0 Å². The third kappa shape index (κ3) is 8.06. The first kappa shape index (κ1) is 20.5. The topological polar surface area (TPSA) is 60.8 Å². The summed E-state index contributed by atoms with van der Waals surface area (Å²) in [4.78, 5) is 12.5. The van der Waals surface area contributed by atoms with Crippen molar-refractivity contribution in [2.45, 2.75) is 59.7 Å². The van der Waals surface area contributed by atoms with Crippen LogP contribution in [0.15, 0.2) is 11.5 Å². The van der Waals surface area contributed by atoms with Crippen LogP contribution < -0.4 is 0 Å². The third-order valence-corrected chi connectivity index (χ3v) is 3.19. The van der Waals surface area contributed by atoms with Gasteiger partial charge in [0.15, 0.2) is 0 Å². The van der Waals surface area contributed by atoms with Crippen molar-refractivity contribution < 1.29 is 15.0 Å². The van der Waals surface area contributed by atoms with Crippen molar-refractivity contribution in [1.29, 1.82) is 0 Å². The van der Waals surface area contributed by atoms with E-state index in [4.69, 9.17) is 18.1 Å². The molecule has 0 saturated heterocycles. The van der Waals surface area contributed by atoms with Crippen LogP contribution >= 0.6 is 0 Å². The van der Waals surface area contributed by atoms with Gasteiger partial charge in [-0.25, -0.2) is 0 Å². The van der Waals surface area contributed by atoms with Gasteiger partial charge in [-0.15, -0.1) is 5.47 Å². The maximum atomic E-state index is 10.8. The fourth-order valence-corrected chi connectivity index (χ4v) is 0.971. The van der Waals surface area contributed by atoms with Crippen LogP contribution in [0.1, 0.15) is 48.5 Å². The van der Waals surface area contributed by atoms with E-state index in [2.05, 4.69) is 0 Å². The number of hydrogen-bond acceptors (Lipinski definition) is 3. The summed E-state index contributed by atoms with van der Waals surface area (Å²) in [6.45, 7) is 9.34. The number of amides is 1. The molecular weight excluding hydrogens is 241 g/mol. The summed E-state index contributed by atoms with van der Waals surface area (Å²) >= 11 is 0. The molecule has 0 spiro atoms. The van der Waals surface area contributed by atoms with Crippen molar-refractivity contribution in [2.75, 3.05) is 13.1 Å². The molecule has 0 saturated carbocycles. The maximum absolute atomic E-state index is 10.8. The van der Waals surface area contributed by atoms with Gasteiger partial charge in [0.05, 0.1) is 11.2 Å². The number of aliphatic hydroxyl groups is 2. The smallest absolute Gasteiger partial charge is 0.219 e. The highest BCUT2D eigenvalue weighted by Gasteiger charge is 2.31. The van der Waals surface area contributed by atoms with Crippen LogP contribution in [0.3, 0.4) is 0 Å². The summed E-state index contributed by atoms with van der Waals surface area (Å²) < 4.78 is 0. The lowest BCUT2D eigenvalue weighted by Crippen LogP contribution is -2.44. The van der Waals surface area contributed by atoms with Crippen LogP contribution in [-0.2, 0) is 4.79 Å². The molecule has 1 rings (SSSR count). The Morgan fingerprint density at radius 3 is 1.89 bits per heavy atom. The number of hydrogen-bond donors (Lipinski definition) is 2. The van der Waals surface area contributed by atoms with Gasteiger partial charge in [0.1, 0.15) is 7.85 Å². The fourth-order valence-electron chi connectivity index (χ4n) is 0.971. The number of carbonyl (C=O) groups excluding carboxylic acids is 1. The van der Waals surface area contributed by atoms with Crippen LogP contribution in [0.25, 0.3) is 0 Å². The van der Waals surface area contributed by atoms with Gasteiger partial charge >= 0.3 is 0 Å². The molecule has 2 radical (unpaired) electrons. The second-order valence-corrected chi connectivity index (χ2v) is 5.61. The highest BCUT2D eigenvalue weighted by molar-refractivity contribution is 6.21. The van der Waals surface area contributed by atoms with Crippen molar-refractivity contribution >= 4 is 13.8 Å². The molecular formula is C14H28BNO3. The Bertz CT molecular complexity index is 302. The molecule has 2 N–H and O–H groups in total. The van der Waals surface area contributed by atoms with Gasteiger partial charge in [-0.3, -0.25) is 4.79 Å². The quantitative estimate of drug-likeness (QED) is 0.708. The van der Waals surface area contributed by atoms with Crippen molar-refractivity contribution in [3.05, 3.63) is 11.5 Å². The first-order valence-electron chi connectivity index (χ1n) is 6.10. The van der Waals surface area contributed by atoms with E-state index < -0.39 is 11.2 Å². The van der Waals surface area contributed by atoms with Crippen LogP contribution in [0.2, 0.25) is 0 Å². The molecule has 1 amide bonds. The van der Waals surface area contributed by atoms with Crippen LogP contribution in [0.5, 0.6) is 0 Å². The zero-order valence-corrected chi connectivity index (χ0v) is 12.0. The van der Waals surface area contributed by atoms with Gasteiger partial charge in [-0.1, -0.05) is 13.5 Å². The van der Waals surface area contributed by atoms with Crippen molar-refractivity contribution in [1.82, 2.24) is 4.90 Å². The SMILES string of the molecule is C.CC(C)(O)C(C)(C)O.[B]C1=CCN(C(C)=O)CC1. The van der Waals surface area contributed by atoms with E-state index in [-0.39, 0.29) is 13.3 Å². The molecule has 0 unspecified atom stereocenters. The molecule has 0 aromatic heterocycles. The standard InChI is InChI=1S/C7H10BNO.C6H14O2.CH4/c1-6(10)9-4-2-7(8)3-5-9;1-5(2,7)6(3,4)8;/h2H,3-5H2,1H3;7-8H,1-4H3;1H4. The molecule has 0 bridgehead atoms. The van der Waals surface area contributed by atoms with Crippen molar-refractivity contribution in [2.24, 2.45) is 0 Å². The van der Waals surface area contributed by atoms with Gasteiger partial charge in [0.25, 0.3) is 0 Å². The summed E-state index contributed by atoms with van der Waals surface area (Å²) in [5.41, 5.74) is -1.11. The fraction of sp³-hybridized carbons (Fsp3) is 0.786. The average molecular weight is 269 g/mol. The van der Waals surface area contributed by atoms with Gasteiger partial charge in [0, 0.05) is 20.0 Å². The molecule has 0 fully saturated rings. The molecule has 1 heterocycles. The zero-order chi connectivity index (χ0) is 14.6. The Morgan fingerprint density at radius 2 is 1.68 bits per heavy atom. The minimum atomic E-state index is -1.01. The second kappa shape index (κ2) is 7.70. The van der Waals surface area contributed by atoms with E-state index in [1.165, 1.54) is 0 Å². The summed E-state index contributed by atoms with van der Waals surface area (Å²) in [5, 5.41) is 18.2. The largest absolute Gasteiger partial charge is 0.387 e. The van der Waals surface area contributed by atoms with Crippen LogP contribution in [0.4, 0.5) is 0 Å². The van der Waals surface area contributed by atoms with E-state index in [0.717, 1.165) is 18.4 Å². The van der Waals surface area contributed by atoms with Crippen LogP contribution in [-0.4, -0.2) is 53.2 Å². The lowest BCUT2D eigenvalue weighted by atomic mass is 9.90. The molecule has 110 valence electrons. The third-order valence-electron chi connectivity index (χ3n) is 3.19. The molecule has 19 heavy (non-hydrogen) atoms. The highest BCUT2D eigenvalue weighted by Crippen LogP contribution is 2.19. The van der Waals surface area contributed by atoms with E-state index in [1.54, 1.807) is 39.5 Å². The summed E-state index contributed by atoms with van der Waals surface area (Å²) in [5.74, 6) is 0.128. The van der Waals surface area contributed by atoms with Gasteiger partial charge in [-0.05, 0) is 34.1 Å². The predicted octanol–water partition coefficient (Wildman–Crippen LogP) is 1.46. The summed E-state index contributed by atoms with van der Waals surface area (Å²) in [6, 6.07) is 0. The Kier molecular flexibility index (Phi) is 8.32. The summed E-state index contributed by atoms with van der Waals surface area (Å²) in [7, 11) is 5.52. The number of nitrogens with zero attached hydrogens (tertiary/aromatic N) is 1. The first-order chi connectivity index (χ1) is 7.95. The van der Waals surface area contributed by atoms with E-state index >= 15 is 0 Å². The second-order valence-electron chi connectivity index (χ2n) is 5.61. The van der Waals surface area contributed by atoms with Gasteiger partial charge in [-0.2, -0.15) is 0 Å². The monoisotopic (exact) mass is 269 g/mol. The number of carbonyl (C=O) groups is 1. The van der Waals surface area contributed by atoms with E-state index in [9.17, 15) is 4.79 Å². The van der Waals surface area contributed by atoms with Gasteiger partial charge in [0.2, 0.25) is 5.91 Å². The van der Waals surface area contributed by atoms with E-state index in [1.807, 2.05) is 6.08 Å². The Balaban J connectivity index is 0. The average Bonchev–Trinajstić information content (AvgIpc) is 2.16. The molecule has 5 heteroatoms. The zero-order valence-electron chi connectivity index (χ0n) is 12.0. The lowest BCUT2D eigenvalue weighted by Gasteiger charge is -2.31. The highest BCUT2D eigenvalue weighted by atomic mass is 16.3. The minimum absolute atomic E-state index is 0. The molecule has 0 aliphatic carbocycles. The van der Waals surface area contributed by atoms with Crippen molar-refractivity contribution in [3.8, 4) is 0 Å².